The van der Waals surface area contributed by atoms with Crippen LogP contribution in [0.2, 0.25) is 0 Å². The van der Waals surface area contributed by atoms with Gasteiger partial charge in [-0.05, 0) is 22.3 Å². The van der Waals surface area contributed by atoms with E-state index in [2.05, 4.69) is 5.16 Å². The summed E-state index contributed by atoms with van der Waals surface area (Å²) in [5, 5.41) is 13.9. The molecule has 10 heteroatoms. The molecule has 238 valence electrons. The van der Waals surface area contributed by atoms with E-state index in [9.17, 15) is 13.6 Å². The van der Waals surface area contributed by atoms with E-state index in [0.29, 0.717) is 0 Å². The lowest BCUT2D eigenvalue weighted by Crippen LogP contribution is -2.50. The van der Waals surface area contributed by atoms with Crippen LogP contribution >= 0.6 is 0 Å². The van der Waals surface area contributed by atoms with Gasteiger partial charge in [-0.25, -0.2) is 0 Å². The summed E-state index contributed by atoms with van der Waals surface area (Å²) >= 11 is 0. The van der Waals surface area contributed by atoms with Crippen molar-refractivity contribution in [2.75, 3.05) is 19.5 Å². The molecule has 4 rings (SSSR count). The van der Waals surface area contributed by atoms with Crippen LogP contribution in [0.4, 0.5) is 0 Å². The Balaban J connectivity index is 1.66. The van der Waals surface area contributed by atoms with Crippen molar-refractivity contribution in [2.24, 2.45) is 5.16 Å². The molecule has 1 N–H and O–H groups in total. The Labute approximate surface area is 265 Å². The molecular weight excluding hydrogens is 594 g/mol. The molecule has 0 spiro atoms. The Morgan fingerprint density at radius 2 is 1.07 bits per heavy atom. The summed E-state index contributed by atoms with van der Waals surface area (Å²) in [6, 6.07) is 38.1. The summed E-state index contributed by atoms with van der Waals surface area (Å²) < 4.78 is 54.6. The number of oxime groups is 1. The zero-order valence-electron chi connectivity index (χ0n) is 25.2. The minimum absolute atomic E-state index is 0.0889. The van der Waals surface area contributed by atoms with Crippen LogP contribution in [0.25, 0.3) is 0 Å². The molecule has 0 amide bonds. The van der Waals surface area contributed by atoms with Crippen LogP contribution in [0.1, 0.15) is 22.3 Å². The summed E-state index contributed by atoms with van der Waals surface area (Å²) in [5.41, 5.74) is 3.71. The molecule has 3 atom stereocenters. The van der Waals surface area contributed by atoms with Crippen LogP contribution in [0.3, 0.4) is 0 Å². The van der Waals surface area contributed by atoms with Gasteiger partial charge < -0.3 is 24.2 Å². The first-order valence-electron chi connectivity index (χ1n) is 14.5. The molecule has 0 aliphatic rings. The molecule has 0 unspecified atom stereocenters. The highest BCUT2D eigenvalue weighted by molar-refractivity contribution is 7.85. The number of hydrogen-bond donors (Lipinski definition) is 1. The third-order valence-corrected chi connectivity index (χ3v) is 7.36. The Bertz CT molecular complexity index is 1520. The van der Waals surface area contributed by atoms with Crippen molar-refractivity contribution in [3.63, 3.8) is 0 Å². The van der Waals surface area contributed by atoms with Crippen LogP contribution in [0.15, 0.2) is 126 Å². The Hall–Kier alpha value is -3.90. The Morgan fingerprint density at radius 1 is 0.644 bits per heavy atom. The van der Waals surface area contributed by atoms with E-state index in [4.69, 9.17) is 23.1 Å². The van der Waals surface area contributed by atoms with Crippen LogP contribution in [-0.2, 0) is 59.7 Å². The van der Waals surface area contributed by atoms with Crippen LogP contribution < -0.4 is 0 Å². The topological polar surface area (TPSA) is 113 Å². The van der Waals surface area contributed by atoms with Gasteiger partial charge in [0.25, 0.3) is 10.1 Å². The van der Waals surface area contributed by atoms with Gasteiger partial charge in [-0.2, -0.15) is 8.42 Å². The van der Waals surface area contributed by atoms with Gasteiger partial charge in [0, 0.05) is 0 Å². The van der Waals surface area contributed by atoms with Crippen molar-refractivity contribution in [1.82, 2.24) is 0 Å². The maximum atomic E-state index is 12.1. The summed E-state index contributed by atoms with van der Waals surface area (Å²) in [5.74, 6) is 0. The quantitative estimate of drug-likeness (QED) is 0.0600. The summed E-state index contributed by atoms with van der Waals surface area (Å²) in [6.07, 6.45) is -1.98. The molecule has 0 saturated carbocycles. The summed E-state index contributed by atoms with van der Waals surface area (Å²) in [4.78, 5) is 0. The monoisotopic (exact) mass is 633 g/mol. The van der Waals surface area contributed by atoms with Crippen LogP contribution in [-0.4, -0.2) is 57.1 Å². The molecule has 0 aromatic heterocycles. The molecule has 0 heterocycles. The molecule has 4 aromatic rings. The third-order valence-electron chi connectivity index (χ3n) is 6.79. The molecule has 0 fully saturated rings. The van der Waals surface area contributed by atoms with Gasteiger partial charge in [0.05, 0.1) is 45.9 Å². The van der Waals surface area contributed by atoms with Gasteiger partial charge in [-0.1, -0.05) is 126 Å². The minimum atomic E-state index is -3.84. The van der Waals surface area contributed by atoms with E-state index in [1.807, 2.05) is 121 Å². The smallest absolute Gasteiger partial charge is 0.264 e. The van der Waals surface area contributed by atoms with E-state index < -0.39 is 28.4 Å². The van der Waals surface area contributed by atoms with E-state index >= 15 is 0 Å². The summed E-state index contributed by atoms with van der Waals surface area (Å²) in [7, 11) is -3.84. The second-order valence-corrected chi connectivity index (χ2v) is 12.0. The predicted octanol–water partition coefficient (Wildman–Crippen LogP) is 5.77. The number of hydrogen-bond acceptors (Lipinski definition) is 9. The van der Waals surface area contributed by atoms with E-state index in [1.54, 1.807) is 0 Å². The fourth-order valence-electron chi connectivity index (χ4n) is 4.52. The van der Waals surface area contributed by atoms with Gasteiger partial charge in [-0.3, -0.25) is 4.18 Å². The van der Waals surface area contributed by atoms with Crippen molar-refractivity contribution in [2.45, 2.75) is 44.7 Å². The van der Waals surface area contributed by atoms with Gasteiger partial charge in [0.2, 0.25) is 0 Å². The van der Waals surface area contributed by atoms with Gasteiger partial charge in [-0.15, -0.1) is 0 Å². The maximum Gasteiger partial charge on any atom is 0.264 e. The fraction of sp³-hybridized carbons (Fsp3) is 0.286. The van der Waals surface area contributed by atoms with Crippen LogP contribution in [0, 0.1) is 0 Å². The van der Waals surface area contributed by atoms with E-state index in [-0.39, 0.29) is 45.4 Å². The molecule has 0 aliphatic heterocycles. The normalized spacial score (nSPS) is 14.1. The molecule has 0 saturated heterocycles. The predicted molar refractivity (Wildman–Crippen MR) is 171 cm³/mol. The SMILES string of the molecule is CS(=O)(=O)OC[C@@H](OCc1ccccc1)[C@@H](OCc1ccccc1)[C@H](OCc1ccccc1)/C(COCc1ccccc1)=N\O. The average Bonchev–Trinajstić information content (AvgIpc) is 3.07. The lowest BCUT2D eigenvalue weighted by Gasteiger charge is -2.33. The lowest BCUT2D eigenvalue weighted by atomic mass is 10.0. The molecule has 9 nitrogen and oxygen atoms in total. The second-order valence-electron chi connectivity index (χ2n) is 10.4. The van der Waals surface area contributed by atoms with Gasteiger partial charge in [0.1, 0.15) is 24.0 Å². The number of rotatable bonds is 19. The van der Waals surface area contributed by atoms with E-state index in [1.165, 1.54) is 0 Å². The first kappa shape index (κ1) is 34.0. The van der Waals surface area contributed by atoms with Gasteiger partial charge >= 0.3 is 0 Å². The number of benzene rings is 4. The van der Waals surface area contributed by atoms with Crippen molar-refractivity contribution >= 4 is 15.8 Å². The highest BCUT2D eigenvalue weighted by atomic mass is 32.2. The largest absolute Gasteiger partial charge is 0.411 e. The molecule has 45 heavy (non-hydrogen) atoms. The first-order valence-corrected chi connectivity index (χ1v) is 16.4. The van der Waals surface area contributed by atoms with Gasteiger partial charge in [0.15, 0.2) is 0 Å². The van der Waals surface area contributed by atoms with Crippen LogP contribution in [0.5, 0.6) is 0 Å². The Morgan fingerprint density at radius 3 is 1.51 bits per heavy atom. The standard InChI is InChI=1S/C35H39NO8S/c1-45(38,39)44-27-33(41-23-29-16-8-3-9-17-29)35(43-25-31-20-12-5-13-21-31)34(42-24-30-18-10-4-11-19-30)32(36-37)26-40-22-28-14-6-2-7-15-28/h2-21,33-35,37H,22-27H2,1H3/b36-32-/t33-,34-,35-/m1/s1. The molecule has 0 radical (unpaired) electrons. The highest BCUT2D eigenvalue weighted by Gasteiger charge is 2.37. The maximum absolute atomic E-state index is 12.1. The third kappa shape index (κ3) is 12.2. The zero-order chi connectivity index (χ0) is 31.7. The fourth-order valence-corrected chi connectivity index (χ4v) is 4.90. The highest BCUT2D eigenvalue weighted by Crippen LogP contribution is 2.21. The van der Waals surface area contributed by atoms with Crippen molar-refractivity contribution in [3.05, 3.63) is 144 Å². The van der Waals surface area contributed by atoms with E-state index in [0.717, 1.165) is 28.5 Å². The van der Waals surface area contributed by atoms with Crippen molar-refractivity contribution in [3.8, 4) is 0 Å². The number of ether oxygens (including phenoxy) is 4. The van der Waals surface area contributed by atoms with Crippen molar-refractivity contribution < 1.29 is 36.8 Å². The molecule has 4 aromatic carbocycles. The molecular formula is C35H39NO8S. The minimum Gasteiger partial charge on any atom is -0.411 e. The number of nitrogens with zero attached hydrogens (tertiary/aromatic N) is 1. The Kier molecular flexibility index (Phi) is 13.7. The lowest BCUT2D eigenvalue weighted by molar-refractivity contribution is -0.143. The molecule has 0 bridgehead atoms. The van der Waals surface area contributed by atoms with Crippen molar-refractivity contribution in [1.29, 1.82) is 0 Å². The first-order chi connectivity index (χ1) is 21.9. The second kappa shape index (κ2) is 18.2. The summed E-state index contributed by atoms with van der Waals surface area (Å²) in [6.45, 7) is 0.253. The average molecular weight is 634 g/mol. The molecule has 0 aliphatic carbocycles. The zero-order valence-corrected chi connectivity index (χ0v) is 26.0.